The van der Waals surface area contributed by atoms with Crippen molar-refractivity contribution < 1.29 is 17.9 Å². The Kier molecular flexibility index (Phi) is 7.76. The molecule has 0 radical (unpaired) electrons. The molecule has 0 aliphatic heterocycles. The Labute approximate surface area is 208 Å². The first-order valence-corrected chi connectivity index (χ1v) is 13.5. The molecule has 6 nitrogen and oxygen atoms in total. The highest BCUT2D eigenvalue weighted by Gasteiger charge is 2.28. The Bertz CT molecular complexity index is 1260. The van der Waals surface area contributed by atoms with Gasteiger partial charge in [0.25, 0.3) is 10.0 Å². The minimum atomic E-state index is -3.98. The van der Waals surface area contributed by atoms with E-state index in [9.17, 15) is 13.2 Å². The molecule has 0 heterocycles. The van der Waals surface area contributed by atoms with Gasteiger partial charge in [-0.05, 0) is 92.6 Å². The SMILES string of the molecule is CCOc1ccc(S(=O)(=O)N(CC(=O)NC(C)c2ccc3c(c2)CCCC3)c2ccccc2)cc1. The Morgan fingerprint density at radius 1 is 0.971 bits per heavy atom. The van der Waals surface area contributed by atoms with Crippen LogP contribution in [0.5, 0.6) is 5.75 Å². The van der Waals surface area contributed by atoms with E-state index in [0.29, 0.717) is 18.0 Å². The Hall–Kier alpha value is -3.32. The standard InChI is InChI=1S/C28H32N2O4S/c1-3-34-26-15-17-27(18-16-26)35(32,33)30(25-11-5-4-6-12-25)20-28(31)29-21(2)23-14-13-22-9-7-8-10-24(22)19-23/h4-6,11-19,21H,3,7-10,20H2,1-2H3,(H,29,31). The average molecular weight is 493 g/mol. The van der Waals surface area contributed by atoms with Gasteiger partial charge < -0.3 is 10.1 Å². The minimum absolute atomic E-state index is 0.0975. The summed E-state index contributed by atoms with van der Waals surface area (Å²) < 4.78 is 33.7. The maximum atomic E-state index is 13.6. The predicted molar refractivity (Wildman–Crippen MR) is 138 cm³/mol. The second-order valence-corrected chi connectivity index (χ2v) is 10.6. The first-order chi connectivity index (χ1) is 16.9. The summed E-state index contributed by atoms with van der Waals surface area (Å²) in [6, 6.07) is 21.1. The monoisotopic (exact) mass is 492 g/mol. The molecule has 1 atom stereocenters. The van der Waals surface area contributed by atoms with Gasteiger partial charge in [-0.3, -0.25) is 9.10 Å². The van der Waals surface area contributed by atoms with E-state index in [0.717, 1.165) is 22.7 Å². The van der Waals surface area contributed by atoms with E-state index in [1.807, 2.05) is 19.9 Å². The molecule has 184 valence electrons. The molecule has 0 fully saturated rings. The van der Waals surface area contributed by atoms with Crippen LogP contribution in [0.25, 0.3) is 0 Å². The number of ether oxygens (including phenoxy) is 1. The van der Waals surface area contributed by atoms with Crippen molar-refractivity contribution in [2.45, 2.75) is 50.5 Å². The number of benzene rings is 3. The highest BCUT2D eigenvalue weighted by Crippen LogP contribution is 2.27. The molecule has 0 aromatic heterocycles. The molecule has 1 N–H and O–H groups in total. The second-order valence-electron chi connectivity index (χ2n) is 8.78. The van der Waals surface area contributed by atoms with Gasteiger partial charge in [0.1, 0.15) is 12.3 Å². The van der Waals surface area contributed by atoms with Crippen molar-refractivity contribution in [1.82, 2.24) is 5.32 Å². The van der Waals surface area contributed by atoms with Gasteiger partial charge in [0.15, 0.2) is 0 Å². The van der Waals surface area contributed by atoms with Crippen LogP contribution in [0.15, 0.2) is 77.7 Å². The van der Waals surface area contributed by atoms with Crippen LogP contribution in [0, 0.1) is 0 Å². The molecule has 7 heteroatoms. The molecule has 4 rings (SSSR count). The van der Waals surface area contributed by atoms with E-state index in [1.165, 1.54) is 36.1 Å². The van der Waals surface area contributed by atoms with Crippen LogP contribution in [0.4, 0.5) is 5.69 Å². The fourth-order valence-electron chi connectivity index (χ4n) is 4.43. The number of amides is 1. The molecule has 0 spiro atoms. The summed E-state index contributed by atoms with van der Waals surface area (Å²) in [5.41, 5.74) is 4.19. The summed E-state index contributed by atoms with van der Waals surface area (Å²) in [4.78, 5) is 13.2. The van der Waals surface area contributed by atoms with Crippen LogP contribution in [-0.4, -0.2) is 27.5 Å². The lowest BCUT2D eigenvalue weighted by Crippen LogP contribution is -2.41. The third-order valence-electron chi connectivity index (χ3n) is 6.30. The van der Waals surface area contributed by atoms with E-state index in [2.05, 4.69) is 23.5 Å². The van der Waals surface area contributed by atoms with E-state index in [4.69, 9.17) is 4.74 Å². The van der Waals surface area contributed by atoms with Gasteiger partial charge in [-0.15, -0.1) is 0 Å². The van der Waals surface area contributed by atoms with Crippen molar-refractivity contribution in [3.05, 3.63) is 89.5 Å². The lowest BCUT2D eigenvalue weighted by Gasteiger charge is -2.25. The molecule has 1 aliphatic carbocycles. The van der Waals surface area contributed by atoms with E-state index in [1.54, 1.807) is 36.4 Å². The van der Waals surface area contributed by atoms with Crippen molar-refractivity contribution in [1.29, 1.82) is 0 Å². The van der Waals surface area contributed by atoms with Gasteiger partial charge >= 0.3 is 0 Å². The normalized spacial score (nSPS) is 14.0. The van der Waals surface area contributed by atoms with E-state index >= 15 is 0 Å². The van der Waals surface area contributed by atoms with Crippen LogP contribution < -0.4 is 14.4 Å². The molecule has 0 saturated carbocycles. The number of nitrogens with one attached hydrogen (secondary N) is 1. The summed E-state index contributed by atoms with van der Waals surface area (Å²) in [5.74, 6) is 0.225. The first-order valence-electron chi connectivity index (χ1n) is 12.1. The van der Waals surface area contributed by atoms with Crippen LogP contribution >= 0.6 is 0 Å². The zero-order valence-electron chi connectivity index (χ0n) is 20.2. The molecular weight excluding hydrogens is 460 g/mol. The third-order valence-corrected chi connectivity index (χ3v) is 8.09. The fourth-order valence-corrected chi connectivity index (χ4v) is 5.86. The highest BCUT2D eigenvalue weighted by molar-refractivity contribution is 7.92. The van der Waals surface area contributed by atoms with E-state index < -0.39 is 10.0 Å². The zero-order chi connectivity index (χ0) is 24.8. The lowest BCUT2D eigenvalue weighted by molar-refractivity contribution is -0.120. The number of hydrogen-bond acceptors (Lipinski definition) is 4. The van der Waals surface area contributed by atoms with E-state index in [-0.39, 0.29) is 23.4 Å². The zero-order valence-corrected chi connectivity index (χ0v) is 21.1. The molecule has 35 heavy (non-hydrogen) atoms. The Morgan fingerprint density at radius 2 is 1.66 bits per heavy atom. The van der Waals surface area contributed by atoms with Crippen LogP contribution in [0.2, 0.25) is 0 Å². The van der Waals surface area contributed by atoms with Gasteiger partial charge in [0.2, 0.25) is 5.91 Å². The summed E-state index contributed by atoms with van der Waals surface area (Å²) in [6.07, 6.45) is 4.57. The summed E-state index contributed by atoms with van der Waals surface area (Å²) in [7, 11) is -3.98. The quantitative estimate of drug-likeness (QED) is 0.454. The van der Waals surface area contributed by atoms with Gasteiger partial charge in [0.05, 0.1) is 23.2 Å². The van der Waals surface area contributed by atoms with Crippen molar-refractivity contribution in [2.24, 2.45) is 0 Å². The maximum Gasteiger partial charge on any atom is 0.264 e. The number of carbonyl (C=O) groups excluding carboxylic acids is 1. The minimum Gasteiger partial charge on any atom is -0.494 e. The molecule has 1 amide bonds. The van der Waals surface area contributed by atoms with Gasteiger partial charge in [-0.1, -0.05) is 36.4 Å². The van der Waals surface area contributed by atoms with Crippen molar-refractivity contribution in [3.8, 4) is 5.75 Å². The summed E-state index contributed by atoms with van der Waals surface area (Å²) >= 11 is 0. The third kappa shape index (κ3) is 5.85. The number of anilines is 1. The largest absolute Gasteiger partial charge is 0.494 e. The molecule has 1 unspecified atom stereocenters. The number of fused-ring (bicyclic) bond motifs is 1. The van der Waals surface area contributed by atoms with Crippen LogP contribution in [0.3, 0.4) is 0 Å². The van der Waals surface area contributed by atoms with Gasteiger partial charge in [-0.2, -0.15) is 0 Å². The molecular formula is C28H32N2O4S. The summed E-state index contributed by atoms with van der Waals surface area (Å²) in [5, 5.41) is 2.99. The Morgan fingerprint density at radius 3 is 2.34 bits per heavy atom. The Balaban J connectivity index is 1.54. The number of nitrogens with zero attached hydrogens (tertiary/aromatic N) is 1. The van der Waals surface area contributed by atoms with Crippen molar-refractivity contribution in [3.63, 3.8) is 0 Å². The lowest BCUT2D eigenvalue weighted by atomic mass is 9.89. The number of hydrogen-bond donors (Lipinski definition) is 1. The number of para-hydroxylation sites is 1. The number of carbonyl (C=O) groups is 1. The second kappa shape index (κ2) is 11.0. The van der Waals surface area contributed by atoms with Gasteiger partial charge in [-0.25, -0.2) is 8.42 Å². The number of aryl methyl sites for hydroxylation is 2. The molecule has 1 aliphatic rings. The topological polar surface area (TPSA) is 75.7 Å². The van der Waals surface area contributed by atoms with Crippen LogP contribution in [-0.2, 0) is 27.7 Å². The molecule has 0 bridgehead atoms. The van der Waals surface area contributed by atoms with Crippen LogP contribution in [0.1, 0.15) is 49.4 Å². The van der Waals surface area contributed by atoms with Crippen molar-refractivity contribution in [2.75, 3.05) is 17.5 Å². The fraction of sp³-hybridized carbons (Fsp3) is 0.321. The molecule has 0 saturated heterocycles. The maximum absolute atomic E-state index is 13.6. The first kappa shape index (κ1) is 24.8. The molecule has 3 aromatic carbocycles. The predicted octanol–water partition coefficient (Wildman–Crippen LogP) is 5.04. The number of rotatable bonds is 9. The molecule has 3 aromatic rings. The summed E-state index contributed by atoms with van der Waals surface area (Å²) in [6.45, 7) is 3.96. The van der Waals surface area contributed by atoms with Crippen molar-refractivity contribution >= 4 is 21.6 Å². The average Bonchev–Trinajstić information content (AvgIpc) is 2.88. The van der Waals surface area contributed by atoms with Gasteiger partial charge in [0, 0.05) is 0 Å². The number of sulfonamides is 1. The smallest absolute Gasteiger partial charge is 0.264 e. The highest BCUT2D eigenvalue weighted by atomic mass is 32.2.